The van der Waals surface area contributed by atoms with Gasteiger partial charge in [-0.1, -0.05) is 37.3 Å². The van der Waals surface area contributed by atoms with Crippen LogP contribution in [0.15, 0.2) is 54.4 Å². The Morgan fingerprint density at radius 1 is 1.32 bits per heavy atom. The van der Waals surface area contributed by atoms with Crippen molar-refractivity contribution in [1.29, 1.82) is 0 Å². The van der Waals surface area contributed by atoms with Crippen LogP contribution in [0.2, 0.25) is 0 Å². The molecule has 1 aromatic heterocycles. The number of amides is 1. The summed E-state index contributed by atoms with van der Waals surface area (Å²) in [5, 5.41) is 5.07. The van der Waals surface area contributed by atoms with Crippen molar-refractivity contribution in [3.05, 3.63) is 64.9 Å². The Bertz CT molecular complexity index is 607. The molecule has 4 heteroatoms. The predicted octanol–water partition coefficient (Wildman–Crippen LogP) is 3.94. The lowest BCUT2D eigenvalue weighted by Crippen LogP contribution is -2.33. The largest absolute Gasteiger partial charge is 0.325 e. The molecule has 116 valence electrons. The van der Waals surface area contributed by atoms with E-state index in [1.54, 1.807) is 11.3 Å². The molecule has 0 saturated heterocycles. The molecular formula is C18H22N2OS. The molecule has 0 aliphatic carbocycles. The maximum absolute atomic E-state index is 12.3. The number of hydrogen-bond acceptors (Lipinski definition) is 3. The molecule has 0 fully saturated rings. The first-order valence-electron chi connectivity index (χ1n) is 7.46. The lowest BCUT2D eigenvalue weighted by molar-refractivity contribution is -0.117. The predicted molar refractivity (Wildman–Crippen MR) is 94.2 cm³/mol. The number of carbonyl (C=O) groups excluding carboxylic acids is 1. The Morgan fingerprint density at radius 3 is 2.82 bits per heavy atom. The van der Waals surface area contributed by atoms with Gasteiger partial charge in [0.05, 0.1) is 6.54 Å². The van der Waals surface area contributed by atoms with Crippen molar-refractivity contribution in [3.8, 4) is 0 Å². The van der Waals surface area contributed by atoms with Crippen molar-refractivity contribution >= 4 is 22.9 Å². The summed E-state index contributed by atoms with van der Waals surface area (Å²) in [5.74, 6) is 0.0132. The zero-order valence-corrected chi connectivity index (χ0v) is 13.7. The van der Waals surface area contributed by atoms with Gasteiger partial charge in [0.25, 0.3) is 0 Å². The standard InChI is InChI=1S/C18H22N2OS/c1-3-11-20(13-16-9-7-12-22-16)14-18(21)19-17-10-6-5-8-15(17)4-2/h3,5-10,12H,1,4,11,13-14H2,2H3,(H,19,21). The van der Waals surface area contributed by atoms with E-state index in [-0.39, 0.29) is 5.91 Å². The van der Waals surface area contributed by atoms with Gasteiger partial charge in [0.15, 0.2) is 0 Å². The number of carbonyl (C=O) groups is 1. The number of thiophene rings is 1. The summed E-state index contributed by atoms with van der Waals surface area (Å²) in [6.07, 6.45) is 2.74. The monoisotopic (exact) mass is 314 g/mol. The zero-order valence-electron chi connectivity index (χ0n) is 12.9. The normalized spacial score (nSPS) is 10.6. The molecule has 0 saturated carbocycles. The number of para-hydroxylation sites is 1. The van der Waals surface area contributed by atoms with Gasteiger partial charge in [0, 0.05) is 23.7 Å². The third kappa shape index (κ3) is 4.83. The lowest BCUT2D eigenvalue weighted by Gasteiger charge is -2.20. The highest BCUT2D eigenvalue weighted by Crippen LogP contribution is 2.16. The summed E-state index contributed by atoms with van der Waals surface area (Å²) in [4.78, 5) is 15.7. The van der Waals surface area contributed by atoms with Gasteiger partial charge in [-0.25, -0.2) is 0 Å². The quantitative estimate of drug-likeness (QED) is 0.749. The minimum Gasteiger partial charge on any atom is -0.325 e. The van der Waals surface area contributed by atoms with E-state index in [0.29, 0.717) is 13.1 Å². The molecule has 1 heterocycles. The van der Waals surface area contributed by atoms with Gasteiger partial charge in [-0.3, -0.25) is 9.69 Å². The first-order valence-corrected chi connectivity index (χ1v) is 8.34. The lowest BCUT2D eigenvalue weighted by atomic mass is 10.1. The summed E-state index contributed by atoms with van der Waals surface area (Å²) < 4.78 is 0. The van der Waals surface area contributed by atoms with Crippen LogP contribution in [0.5, 0.6) is 0 Å². The molecule has 2 aromatic rings. The number of nitrogens with one attached hydrogen (secondary N) is 1. The summed E-state index contributed by atoms with van der Waals surface area (Å²) in [7, 11) is 0. The third-order valence-corrected chi connectivity index (χ3v) is 4.25. The van der Waals surface area contributed by atoms with E-state index in [9.17, 15) is 4.79 Å². The summed E-state index contributed by atoms with van der Waals surface area (Å²) >= 11 is 1.71. The number of anilines is 1. The average molecular weight is 314 g/mol. The van der Waals surface area contributed by atoms with Gasteiger partial charge in [0.1, 0.15) is 0 Å². The Morgan fingerprint density at radius 2 is 2.14 bits per heavy atom. The molecule has 1 amide bonds. The number of nitrogens with zero attached hydrogens (tertiary/aromatic N) is 1. The molecule has 0 atom stereocenters. The maximum Gasteiger partial charge on any atom is 0.238 e. The Kier molecular flexibility index (Phi) is 6.37. The van der Waals surface area contributed by atoms with Crippen LogP contribution in [-0.2, 0) is 17.8 Å². The smallest absolute Gasteiger partial charge is 0.238 e. The van der Waals surface area contributed by atoms with Crippen molar-refractivity contribution < 1.29 is 4.79 Å². The number of rotatable bonds is 8. The fourth-order valence-corrected chi connectivity index (χ4v) is 3.08. The highest BCUT2D eigenvalue weighted by atomic mass is 32.1. The van der Waals surface area contributed by atoms with Gasteiger partial charge in [-0.2, -0.15) is 0 Å². The first kappa shape index (κ1) is 16.5. The fourth-order valence-electron chi connectivity index (χ4n) is 2.33. The van der Waals surface area contributed by atoms with Crippen molar-refractivity contribution in [2.24, 2.45) is 0 Å². The van der Waals surface area contributed by atoms with Crippen LogP contribution in [0.25, 0.3) is 0 Å². The van der Waals surface area contributed by atoms with Gasteiger partial charge < -0.3 is 5.32 Å². The average Bonchev–Trinajstić information content (AvgIpc) is 3.01. The Hall–Kier alpha value is -1.91. The molecule has 1 N–H and O–H groups in total. The maximum atomic E-state index is 12.3. The molecule has 0 aliphatic heterocycles. The Labute approximate surface area is 136 Å². The van der Waals surface area contributed by atoms with Crippen LogP contribution in [-0.4, -0.2) is 23.9 Å². The second kappa shape index (κ2) is 8.51. The number of hydrogen-bond donors (Lipinski definition) is 1. The first-order chi connectivity index (χ1) is 10.7. The van der Waals surface area contributed by atoms with E-state index >= 15 is 0 Å². The topological polar surface area (TPSA) is 32.3 Å². The van der Waals surface area contributed by atoms with E-state index in [1.807, 2.05) is 36.4 Å². The SMILES string of the molecule is C=CCN(CC(=O)Nc1ccccc1CC)Cc1cccs1. The summed E-state index contributed by atoms with van der Waals surface area (Å²) in [6.45, 7) is 7.70. The van der Waals surface area contributed by atoms with Crippen molar-refractivity contribution in [2.45, 2.75) is 19.9 Å². The van der Waals surface area contributed by atoms with Crippen LogP contribution in [0.1, 0.15) is 17.4 Å². The Balaban J connectivity index is 1.97. The molecule has 0 aliphatic rings. The molecule has 0 spiro atoms. The van der Waals surface area contributed by atoms with Gasteiger partial charge >= 0.3 is 0 Å². The molecule has 2 rings (SSSR count). The summed E-state index contributed by atoms with van der Waals surface area (Å²) in [5.41, 5.74) is 2.06. The minimum atomic E-state index is 0.0132. The third-order valence-electron chi connectivity index (χ3n) is 3.39. The minimum absolute atomic E-state index is 0.0132. The number of benzene rings is 1. The van der Waals surface area contributed by atoms with Gasteiger partial charge in [0.2, 0.25) is 5.91 Å². The van der Waals surface area contributed by atoms with Crippen LogP contribution >= 0.6 is 11.3 Å². The number of aryl methyl sites for hydroxylation is 1. The van der Waals surface area contributed by atoms with E-state index in [1.165, 1.54) is 4.88 Å². The van der Waals surface area contributed by atoms with Crippen molar-refractivity contribution in [2.75, 3.05) is 18.4 Å². The molecule has 0 radical (unpaired) electrons. The summed E-state index contributed by atoms with van der Waals surface area (Å²) in [6, 6.07) is 12.1. The molecular weight excluding hydrogens is 292 g/mol. The highest BCUT2D eigenvalue weighted by molar-refractivity contribution is 7.09. The highest BCUT2D eigenvalue weighted by Gasteiger charge is 2.12. The van der Waals surface area contributed by atoms with E-state index in [0.717, 1.165) is 24.2 Å². The van der Waals surface area contributed by atoms with E-state index in [4.69, 9.17) is 0 Å². The van der Waals surface area contributed by atoms with Crippen LogP contribution in [0.4, 0.5) is 5.69 Å². The second-order valence-electron chi connectivity index (χ2n) is 5.10. The van der Waals surface area contributed by atoms with E-state index < -0.39 is 0 Å². The van der Waals surface area contributed by atoms with Crippen LogP contribution in [0.3, 0.4) is 0 Å². The van der Waals surface area contributed by atoms with E-state index in [2.05, 4.69) is 35.2 Å². The molecule has 0 bridgehead atoms. The van der Waals surface area contributed by atoms with Crippen LogP contribution in [0, 0.1) is 0 Å². The second-order valence-corrected chi connectivity index (χ2v) is 6.13. The van der Waals surface area contributed by atoms with Crippen molar-refractivity contribution in [3.63, 3.8) is 0 Å². The molecule has 22 heavy (non-hydrogen) atoms. The molecule has 1 aromatic carbocycles. The fraction of sp³-hybridized carbons (Fsp3) is 0.278. The van der Waals surface area contributed by atoms with Crippen molar-refractivity contribution in [1.82, 2.24) is 4.90 Å². The zero-order chi connectivity index (χ0) is 15.8. The molecule has 0 unspecified atom stereocenters. The van der Waals surface area contributed by atoms with Crippen LogP contribution < -0.4 is 5.32 Å². The van der Waals surface area contributed by atoms with Gasteiger partial charge in [-0.15, -0.1) is 17.9 Å². The molecule has 3 nitrogen and oxygen atoms in total. The van der Waals surface area contributed by atoms with Gasteiger partial charge in [-0.05, 0) is 29.5 Å².